The number of morpholine rings is 1. The summed E-state index contributed by atoms with van der Waals surface area (Å²) in [4.78, 5) is 13.7. The summed E-state index contributed by atoms with van der Waals surface area (Å²) in [6.45, 7) is 8.39. The van der Waals surface area contributed by atoms with Gasteiger partial charge in [-0.1, -0.05) is 6.92 Å². The second kappa shape index (κ2) is 8.75. The molecule has 0 spiro atoms. The van der Waals surface area contributed by atoms with E-state index in [0.29, 0.717) is 25.2 Å². The lowest BCUT2D eigenvalue weighted by molar-refractivity contribution is -0.115. The van der Waals surface area contributed by atoms with E-state index in [-0.39, 0.29) is 23.0 Å². The number of rotatable bonds is 7. The van der Waals surface area contributed by atoms with E-state index in [0.717, 1.165) is 13.1 Å². The fraction of sp³-hybridized carbons (Fsp3) is 0.588. The summed E-state index contributed by atoms with van der Waals surface area (Å²) in [6, 6.07) is 6.17. The Hall–Kier alpha value is -1.48. The quantitative estimate of drug-likeness (QED) is 0.759. The minimum absolute atomic E-state index is 0.109. The predicted octanol–water partition coefficient (Wildman–Crippen LogP) is 1.42. The first-order chi connectivity index (χ1) is 11.8. The van der Waals surface area contributed by atoms with Gasteiger partial charge in [-0.25, -0.2) is 13.1 Å². The molecule has 25 heavy (non-hydrogen) atoms. The summed E-state index contributed by atoms with van der Waals surface area (Å²) in [6.07, 6.45) is 0.692. The molecular formula is C17H27N3O4S. The molecule has 1 saturated heterocycles. The van der Waals surface area contributed by atoms with Gasteiger partial charge in [0, 0.05) is 38.3 Å². The van der Waals surface area contributed by atoms with Crippen LogP contribution >= 0.6 is 0 Å². The summed E-state index contributed by atoms with van der Waals surface area (Å²) in [5.41, 5.74) is 0.585. The molecule has 1 aliphatic heterocycles. The van der Waals surface area contributed by atoms with Crippen LogP contribution in [0.1, 0.15) is 27.2 Å². The maximum absolute atomic E-state index is 12.4. The Balaban J connectivity index is 1.87. The first kappa shape index (κ1) is 19.8. The van der Waals surface area contributed by atoms with Gasteiger partial charge in [-0.15, -0.1) is 0 Å². The number of anilines is 1. The second-order valence-corrected chi connectivity index (χ2v) is 8.11. The fourth-order valence-electron chi connectivity index (χ4n) is 2.86. The van der Waals surface area contributed by atoms with E-state index in [2.05, 4.69) is 14.9 Å². The van der Waals surface area contributed by atoms with Crippen LogP contribution in [-0.2, 0) is 19.6 Å². The van der Waals surface area contributed by atoms with Crippen molar-refractivity contribution in [2.24, 2.45) is 0 Å². The SMILES string of the molecule is CCC(=O)Nc1ccc(S(=O)(=O)NCCN2C[C@H](C)O[C@@H](C)C2)cc1. The Morgan fingerprint density at radius 3 is 2.36 bits per heavy atom. The Morgan fingerprint density at radius 1 is 1.20 bits per heavy atom. The molecule has 1 aromatic rings. The smallest absolute Gasteiger partial charge is 0.240 e. The van der Waals surface area contributed by atoms with E-state index in [1.807, 2.05) is 13.8 Å². The van der Waals surface area contributed by atoms with Crippen molar-refractivity contribution in [3.05, 3.63) is 24.3 Å². The number of sulfonamides is 1. The largest absolute Gasteiger partial charge is 0.373 e. The summed E-state index contributed by atoms with van der Waals surface area (Å²) in [5, 5.41) is 2.69. The van der Waals surface area contributed by atoms with Gasteiger partial charge in [0.15, 0.2) is 0 Å². The molecule has 0 aromatic heterocycles. The maximum atomic E-state index is 12.4. The molecule has 2 atom stereocenters. The lowest BCUT2D eigenvalue weighted by Gasteiger charge is -2.35. The van der Waals surface area contributed by atoms with Gasteiger partial charge in [0.1, 0.15) is 0 Å². The van der Waals surface area contributed by atoms with Crippen molar-refractivity contribution < 1.29 is 17.9 Å². The molecule has 8 heteroatoms. The van der Waals surface area contributed by atoms with Crippen LogP contribution in [0.4, 0.5) is 5.69 Å². The highest BCUT2D eigenvalue weighted by Gasteiger charge is 2.22. The molecule has 0 radical (unpaired) electrons. The zero-order valence-corrected chi connectivity index (χ0v) is 15.8. The number of carbonyl (C=O) groups excluding carboxylic acids is 1. The Morgan fingerprint density at radius 2 is 1.80 bits per heavy atom. The molecule has 140 valence electrons. The number of hydrogen-bond acceptors (Lipinski definition) is 5. The Kier molecular flexibility index (Phi) is 6.95. The number of amides is 1. The van der Waals surface area contributed by atoms with E-state index >= 15 is 0 Å². The summed E-state index contributed by atoms with van der Waals surface area (Å²) >= 11 is 0. The zero-order valence-electron chi connectivity index (χ0n) is 15.0. The predicted molar refractivity (Wildman–Crippen MR) is 97.0 cm³/mol. The second-order valence-electron chi connectivity index (χ2n) is 6.34. The van der Waals surface area contributed by atoms with Crippen LogP contribution in [0.15, 0.2) is 29.2 Å². The first-order valence-electron chi connectivity index (χ1n) is 8.57. The van der Waals surface area contributed by atoms with Gasteiger partial charge in [-0.2, -0.15) is 0 Å². The first-order valence-corrected chi connectivity index (χ1v) is 10.1. The van der Waals surface area contributed by atoms with Crippen molar-refractivity contribution in [1.82, 2.24) is 9.62 Å². The Labute approximate surface area is 149 Å². The van der Waals surface area contributed by atoms with Gasteiger partial charge in [0.25, 0.3) is 0 Å². The van der Waals surface area contributed by atoms with Gasteiger partial charge < -0.3 is 10.1 Å². The van der Waals surface area contributed by atoms with Crippen molar-refractivity contribution in [3.63, 3.8) is 0 Å². The van der Waals surface area contributed by atoms with E-state index in [4.69, 9.17) is 4.74 Å². The van der Waals surface area contributed by atoms with Crippen molar-refractivity contribution in [1.29, 1.82) is 0 Å². The molecule has 1 aromatic carbocycles. The van der Waals surface area contributed by atoms with Crippen LogP contribution in [0.2, 0.25) is 0 Å². The van der Waals surface area contributed by atoms with Crippen LogP contribution in [-0.4, -0.2) is 57.6 Å². The molecular weight excluding hydrogens is 342 g/mol. The monoisotopic (exact) mass is 369 g/mol. The van der Waals surface area contributed by atoms with Gasteiger partial charge in [-0.3, -0.25) is 9.69 Å². The molecule has 7 nitrogen and oxygen atoms in total. The number of nitrogens with one attached hydrogen (secondary N) is 2. The maximum Gasteiger partial charge on any atom is 0.240 e. The molecule has 1 amide bonds. The minimum Gasteiger partial charge on any atom is -0.373 e. The van der Waals surface area contributed by atoms with Gasteiger partial charge in [0.05, 0.1) is 17.1 Å². The van der Waals surface area contributed by atoms with Gasteiger partial charge >= 0.3 is 0 Å². The number of carbonyl (C=O) groups is 1. The van der Waals surface area contributed by atoms with E-state index < -0.39 is 10.0 Å². The zero-order chi connectivity index (χ0) is 18.4. The average molecular weight is 369 g/mol. The van der Waals surface area contributed by atoms with Gasteiger partial charge in [-0.05, 0) is 38.1 Å². The van der Waals surface area contributed by atoms with E-state index in [1.165, 1.54) is 12.1 Å². The summed E-state index contributed by atoms with van der Waals surface area (Å²) in [5.74, 6) is -0.109. The number of hydrogen-bond donors (Lipinski definition) is 2. The molecule has 0 saturated carbocycles. The minimum atomic E-state index is -3.56. The topological polar surface area (TPSA) is 87.7 Å². The third-order valence-electron chi connectivity index (χ3n) is 3.98. The molecule has 0 aliphatic carbocycles. The van der Waals surface area contributed by atoms with Crippen LogP contribution < -0.4 is 10.0 Å². The average Bonchev–Trinajstić information content (AvgIpc) is 2.54. The highest BCUT2D eigenvalue weighted by Crippen LogP contribution is 2.14. The number of nitrogens with zero attached hydrogens (tertiary/aromatic N) is 1. The van der Waals surface area contributed by atoms with Crippen LogP contribution in [0.25, 0.3) is 0 Å². The van der Waals surface area contributed by atoms with Crippen LogP contribution in [0.3, 0.4) is 0 Å². The van der Waals surface area contributed by atoms with Crippen LogP contribution in [0, 0.1) is 0 Å². The van der Waals surface area contributed by atoms with Crippen molar-refractivity contribution in [2.45, 2.75) is 44.3 Å². The standard InChI is InChI=1S/C17H27N3O4S/c1-4-17(21)19-15-5-7-16(8-6-15)25(22,23)18-9-10-20-11-13(2)24-14(3)12-20/h5-8,13-14,18H,4,9-12H2,1-3H3,(H,19,21)/t13-,14-/m0/s1. The van der Waals surface area contributed by atoms with Gasteiger partial charge in [0.2, 0.25) is 15.9 Å². The number of benzene rings is 1. The molecule has 1 aliphatic rings. The third kappa shape index (κ3) is 6.07. The molecule has 2 rings (SSSR count). The summed E-state index contributed by atoms with van der Waals surface area (Å²) in [7, 11) is -3.56. The lowest BCUT2D eigenvalue weighted by Crippen LogP contribution is -2.47. The highest BCUT2D eigenvalue weighted by atomic mass is 32.2. The van der Waals surface area contributed by atoms with Crippen molar-refractivity contribution in [2.75, 3.05) is 31.5 Å². The normalized spacial score (nSPS) is 21.9. The fourth-order valence-corrected chi connectivity index (χ4v) is 3.88. The Bertz CT molecular complexity index is 666. The number of ether oxygens (including phenoxy) is 1. The highest BCUT2D eigenvalue weighted by molar-refractivity contribution is 7.89. The van der Waals surface area contributed by atoms with Crippen LogP contribution in [0.5, 0.6) is 0 Å². The molecule has 1 fully saturated rings. The third-order valence-corrected chi connectivity index (χ3v) is 5.46. The molecule has 0 unspecified atom stereocenters. The molecule has 2 N–H and O–H groups in total. The molecule has 1 heterocycles. The summed E-state index contributed by atoms with van der Waals surface area (Å²) < 4.78 is 33.0. The van der Waals surface area contributed by atoms with Crippen molar-refractivity contribution >= 4 is 21.6 Å². The van der Waals surface area contributed by atoms with E-state index in [1.54, 1.807) is 19.1 Å². The lowest BCUT2D eigenvalue weighted by atomic mass is 10.2. The van der Waals surface area contributed by atoms with Crippen molar-refractivity contribution in [3.8, 4) is 0 Å². The van der Waals surface area contributed by atoms with E-state index in [9.17, 15) is 13.2 Å². The molecule has 0 bridgehead atoms.